The molecule has 156 valence electrons. The van der Waals surface area contributed by atoms with Gasteiger partial charge in [-0.05, 0) is 38.0 Å². The van der Waals surface area contributed by atoms with E-state index in [1.807, 2.05) is 0 Å². The van der Waals surface area contributed by atoms with Crippen molar-refractivity contribution in [2.45, 2.75) is 56.9 Å². The lowest BCUT2D eigenvalue weighted by Gasteiger charge is -2.32. The van der Waals surface area contributed by atoms with E-state index in [0.717, 1.165) is 31.4 Å². The Bertz CT molecular complexity index is 1010. The summed E-state index contributed by atoms with van der Waals surface area (Å²) in [6.07, 6.45) is 9.95. The summed E-state index contributed by atoms with van der Waals surface area (Å²) in [4.78, 5) is 40.2. The first-order valence-electron chi connectivity index (χ1n) is 11.0. The van der Waals surface area contributed by atoms with Gasteiger partial charge in [-0.25, -0.2) is 9.97 Å². The van der Waals surface area contributed by atoms with Crippen LogP contribution in [0.2, 0.25) is 0 Å². The quantitative estimate of drug-likeness (QED) is 0.765. The zero-order valence-electron chi connectivity index (χ0n) is 16.9. The third kappa shape index (κ3) is 3.89. The average molecular weight is 406 g/mol. The SMILES string of the molecule is N#CC1CCN(C(=O)[C@@H](CC2CC2)NC(=O)c2c[nH]c3ncc(C4CC4)nc23)CC1. The van der Waals surface area contributed by atoms with Crippen LogP contribution in [-0.2, 0) is 4.79 Å². The average Bonchev–Trinajstić information content (AvgIpc) is 3.71. The van der Waals surface area contributed by atoms with E-state index in [-0.39, 0.29) is 17.7 Å². The van der Waals surface area contributed by atoms with Crippen LogP contribution in [-0.4, -0.2) is 50.8 Å². The molecule has 2 aromatic rings. The van der Waals surface area contributed by atoms with E-state index in [1.165, 1.54) is 0 Å². The number of hydrogen-bond donors (Lipinski definition) is 2. The van der Waals surface area contributed by atoms with E-state index in [4.69, 9.17) is 5.26 Å². The van der Waals surface area contributed by atoms with Gasteiger partial charge in [0.2, 0.25) is 5.91 Å². The van der Waals surface area contributed by atoms with Crippen LogP contribution in [0.5, 0.6) is 0 Å². The van der Waals surface area contributed by atoms with Crippen molar-refractivity contribution < 1.29 is 9.59 Å². The lowest BCUT2D eigenvalue weighted by atomic mass is 9.97. The highest BCUT2D eigenvalue weighted by molar-refractivity contribution is 6.05. The summed E-state index contributed by atoms with van der Waals surface area (Å²) in [6, 6.07) is 1.76. The normalized spacial score (nSPS) is 20.7. The van der Waals surface area contributed by atoms with Gasteiger partial charge in [0, 0.05) is 31.1 Å². The molecule has 0 unspecified atom stereocenters. The molecule has 0 spiro atoms. The van der Waals surface area contributed by atoms with Crippen LogP contribution in [0.25, 0.3) is 11.2 Å². The molecule has 3 aliphatic rings. The Kier molecular flexibility index (Phi) is 4.89. The molecule has 0 radical (unpaired) electrons. The van der Waals surface area contributed by atoms with Gasteiger partial charge in [0.25, 0.3) is 5.91 Å². The Morgan fingerprint density at radius 1 is 1.23 bits per heavy atom. The van der Waals surface area contributed by atoms with Crippen molar-refractivity contribution in [1.82, 2.24) is 25.2 Å². The maximum Gasteiger partial charge on any atom is 0.255 e. The van der Waals surface area contributed by atoms with Crippen molar-refractivity contribution in [3.8, 4) is 6.07 Å². The monoisotopic (exact) mass is 406 g/mol. The number of nitrogens with zero attached hydrogens (tertiary/aromatic N) is 4. The highest BCUT2D eigenvalue weighted by atomic mass is 16.2. The molecular formula is C22H26N6O2. The molecule has 0 bridgehead atoms. The van der Waals surface area contributed by atoms with Crippen LogP contribution >= 0.6 is 0 Å². The molecule has 1 saturated heterocycles. The maximum absolute atomic E-state index is 13.2. The second-order valence-electron chi connectivity index (χ2n) is 8.90. The molecule has 2 aromatic heterocycles. The van der Waals surface area contributed by atoms with Crippen LogP contribution < -0.4 is 5.32 Å². The molecule has 2 aliphatic carbocycles. The van der Waals surface area contributed by atoms with Gasteiger partial charge in [0.05, 0.1) is 23.5 Å². The molecule has 30 heavy (non-hydrogen) atoms. The number of likely N-dealkylation sites (tertiary alicyclic amines) is 1. The standard InChI is InChI=1S/C22H26N6O2/c23-10-14-5-7-28(8-6-14)22(30)17(9-13-1-2-13)27-21(29)16-11-24-20-19(16)26-18(12-25-20)15-3-4-15/h11-15,17H,1-9H2,(H,24,25)(H,27,29)/t17-/m1/s1. The topological polar surface area (TPSA) is 115 Å². The summed E-state index contributed by atoms with van der Waals surface area (Å²) >= 11 is 0. The number of rotatable bonds is 6. The summed E-state index contributed by atoms with van der Waals surface area (Å²) in [6.45, 7) is 1.16. The smallest absolute Gasteiger partial charge is 0.255 e. The van der Waals surface area contributed by atoms with E-state index in [9.17, 15) is 9.59 Å². The third-order valence-corrected chi connectivity index (χ3v) is 6.50. The molecular weight excluding hydrogens is 380 g/mol. The Morgan fingerprint density at radius 2 is 2.00 bits per heavy atom. The third-order valence-electron chi connectivity index (χ3n) is 6.50. The number of amides is 2. The van der Waals surface area contributed by atoms with Gasteiger partial charge in [0.1, 0.15) is 11.6 Å². The lowest BCUT2D eigenvalue weighted by Crippen LogP contribution is -2.51. The molecule has 3 heterocycles. The van der Waals surface area contributed by atoms with E-state index >= 15 is 0 Å². The molecule has 8 heteroatoms. The largest absolute Gasteiger partial charge is 0.344 e. The molecule has 0 aromatic carbocycles. The van der Waals surface area contributed by atoms with Crippen molar-refractivity contribution in [2.24, 2.45) is 11.8 Å². The maximum atomic E-state index is 13.2. The zero-order chi connectivity index (χ0) is 20.7. The van der Waals surface area contributed by atoms with Crippen LogP contribution in [0.15, 0.2) is 12.4 Å². The van der Waals surface area contributed by atoms with E-state index in [1.54, 1.807) is 17.3 Å². The summed E-state index contributed by atoms with van der Waals surface area (Å²) in [5, 5.41) is 12.1. The minimum atomic E-state index is -0.534. The number of piperidine rings is 1. The van der Waals surface area contributed by atoms with Crippen molar-refractivity contribution >= 4 is 23.0 Å². The van der Waals surface area contributed by atoms with Gasteiger partial charge in [-0.15, -0.1) is 0 Å². The zero-order valence-corrected chi connectivity index (χ0v) is 16.9. The molecule has 3 fully saturated rings. The molecule has 2 saturated carbocycles. The van der Waals surface area contributed by atoms with Crippen molar-refractivity contribution in [3.05, 3.63) is 23.7 Å². The highest BCUT2D eigenvalue weighted by Gasteiger charge is 2.35. The summed E-state index contributed by atoms with van der Waals surface area (Å²) in [5.74, 6) is 0.662. The van der Waals surface area contributed by atoms with Crippen LogP contribution in [0.3, 0.4) is 0 Å². The van der Waals surface area contributed by atoms with Crippen molar-refractivity contribution in [3.63, 3.8) is 0 Å². The summed E-state index contributed by atoms with van der Waals surface area (Å²) < 4.78 is 0. The fourth-order valence-corrected chi connectivity index (χ4v) is 4.25. The van der Waals surface area contributed by atoms with Crippen LogP contribution in [0, 0.1) is 23.2 Å². The van der Waals surface area contributed by atoms with Gasteiger partial charge in [0.15, 0.2) is 5.65 Å². The molecule has 5 rings (SSSR count). The van der Waals surface area contributed by atoms with Crippen molar-refractivity contribution in [2.75, 3.05) is 13.1 Å². The van der Waals surface area contributed by atoms with Gasteiger partial charge in [-0.2, -0.15) is 5.26 Å². The number of aromatic amines is 1. The number of nitriles is 1. The fourth-order valence-electron chi connectivity index (χ4n) is 4.25. The lowest BCUT2D eigenvalue weighted by molar-refractivity contribution is -0.134. The number of carbonyl (C=O) groups is 2. The molecule has 8 nitrogen and oxygen atoms in total. The van der Waals surface area contributed by atoms with Gasteiger partial charge >= 0.3 is 0 Å². The number of fused-ring (bicyclic) bond motifs is 1. The Balaban J connectivity index is 1.33. The van der Waals surface area contributed by atoms with Gasteiger partial charge in [-0.3, -0.25) is 9.59 Å². The predicted octanol–water partition coefficient (Wildman–Crippen LogP) is 2.50. The number of nitrogens with one attached hydrogen (secondary N) is 2. The second kappa shape index (κ2) is 7.71. The number of carbonyl (C=O) groups excluding carboxylic acids is 2. The van der Waals surface area contributed by atoms with Crippen LogP contribution in [0.1, 0.15) is 66.9 Å². The van der Waals surface area contributed by atoms with Gasteiger partial charge < -0.3 is 15.2 Å². The molecule has 1 atom stereocenters. The van der Waals surface area contributed by atoms with Crippen LogP contribution in [0.4, 0.5) is 0 Å². The van der Waals surface area contributed by atoms with Crippen molar-refractivity contribution in [1.29, 1.82) is 5.26 Å². The summed E-state index contributed by atoms with van der Waals surface area (Å²) in [7, 11) is 0. The number of hydrogen-bond acceptors (Lipinski definition) is 5. The Labute approximate surface area is 175 Å². The Hall–Kier alpha value is -2.95. The highest BCUT2D eigenvalue weighted by Crippen LogP contribution is 2.39. The van der Waals surface area contributed by atoms with E-state index in [0.29, 0.717) is 60.9 Å². The number of H-pyrrole nitrogens is 1. The minimum Gasteiger partial charge on any atom is -0.344 e. The first-order valence-corrected chi connectivity index (χ1v) is 11.0. The molecule has 2 amide bonds. The van der Waals surface area contributed by atoms with E-state index in [2.05, 4.69) is 26.3 Å². The first kappa shape index (κ1) is 19.0. The number of aromatic nitrogens is 3. The predicted molar refractivity (Wildman–Crippen MR) is 109 cm³/mol. The minimum absolute atomic E-state index is 0.0241. The molecule has 1 aliphatic heterocycles. The van der Waals surface area contributed by atoms with Gasteiger partial charge in [-0.1, -0.05) is 12.8 Å². The Morgan fingerprint density at radius 3 is 2.67 bits per heavy atom. The van der Waals surface area contributed by atoms with E-state index < -0.39 is 6.04 Å². The first-order chi connectivity index (χ1) is 14.6. The fraction of sp³-hybridized carbons (Fsp3) is 0.591. The second-order valence-corrected chi connectivity index (χ2v) is 8.90. The summed E-state index contributed by atoms with van der Waals surface area (Å²) in [5.41, 5.74) is 2.54. The molecule has 2 N–H and O–H groups in total.